The zero-order valence-corrected chi connectivity index (χ0v) is 15.8. The molecule has 0 unspecified atom stereocenters. The van der Waals surface area contributed by atoms with Crippen molar-refractivity contribution in [2.75, 3.05) is 5.32 Å². The maximum absolute atomic E-state index is 12.6. The average Bonchev–Trinajstić information content (AvgIpc) is 2.48. The molecule has 0 saturated carbocycles. The number of pyridine rings is 1. The van der Waals surface area contributed by atoms with Gasteiger partial charge in [-0.3, -0.25) is 4.79 Å². The standard InChI is InChI=1S/C17H20ClN3O3S/c1-12-13(18)7-6-8-14(12)25(23,24)21-17(2,3)11-16(22)20-15-9-4-5-10-19-15/h4-10,21H,11H2,1-3H3,(H,19,20,22). The molecule has 6 nitrogen and oxygen atoms in total. The van der Waals surface area contributed by atoms with Gasteiger partial charge in [0.25, 0.3) is 0 Å². The fraction of sp³-hybridized carbons (Fsp3) is 0.294. The number of nitrogens with zero attached hydrogens (tertiary/aromatic N) is 1. The van der Waals surface area contributed by atoms with Gasteiger partial charge in [-0.15, -0.1) is 0 Å². The number of sulfonamides is 1. The van der Waals surface area contributed by atoms with Gasteiger partial charge >= 0.3 is 0 Å². The highest BCUT2D eigenvalue weighted by molar-refractivity contribution is 7.89. The Hall–Kier alpha value is -1.96. The Labute approximate surface area is 152 Å². The largest absolute Gasteiger partial charge is 0.311 e. The van der Waals surface area contributed by atoms with Crippen molar-refractivity contribution in [2.24, 2.45) is 0 Å². The van der Waals surface area contributed by atoms with Crippen LogP contribution in [0.4, 0.5) is 5.82 Å². The number of anilines is 1. The van der Waals surface area contributed by atoms with E-state index in [0.717, 1.165) is 0 Å². The summed E-state index contributed by atoms with van der Waals surface area (Å²) in [6, 6.07) is 9.82. The number of aromatic nitrogens is 1. The van der Waals surface area contributed by atoms with Gasteiger partial charge in [0, 0.05) is 23.2 Å². The van der Waals surface area contributed by atoms with E-state index in [1.165, 1.54) is 6.07 Å². The Balaban J connectivity index is 2.11. The van der Waals surface area contributed by atoms with Gasteiger partial charge in [-0.05, 0) is 50.6 Å². The van der Waals surface area contributed by atoms with Crippen LogP contribution in [0.15, 0.2) is 47.5 Å². The lowest BCUT2D eigenvalue weighted by atomic mass is 10.0. The normalized spacial score (nSPS) is 12.0. The summed E-state index contributed by atoms with van der Waals surface area (Å²) >= 11 is 6.00. The molecule has 134 valence electrons. The molecule has 0 aliphatic heterocycles. The van der Waals surface area contributed by atoms with E-state index in [9.17, 15) is 13.2 Å². The molecule has 25 heavy (non-hydrogen) atoms. The van der Waals surface area contributed by atoms with Crippen LogP contribution in [-0.4, -0.2) is 24.8 Å². The van der Waals surface area contributed by atoms with Crippen molar-refractivity contribution in [3.05, 3.63) is 53.2 Å². The Morgan fingerprint density at radius 1 is 1.20 bits per heavy atom. The van der Waals surface area contributed by atoms with Crippen LogP contribution in [0.1, 0.15) is 25.8 Å². The summed E-state index contributed by atoms with van der Waals surface area (Å²) in [5.41, 5.74) is -0.530. The number of halogens is 1. The molecule has 0 bridgehead atoms. The molecule has 0 aliphatic carbocycles. The molecule has 0 atom stereocenters. The topological polar surface area (TPSA) is 88.2 Å². The van der Waals surface area contributed by atoms with E-state index in [2.05, 4.69) is 15.0 Å². The Kier molecular flexibility index (Phi) is 5.82. The molecule has 8 heteroatoms. The fourth-order valence-corrected chi connectivity index (χ4v) is 4.27. The number of hydrogen-bond donors (Lipinski definition) is 2. The first-order chi connectivity index (χ1) is 11.6. The zero-order chi connectivity index (χ0) is 18.7. The van der Waals surface area contributed by atoms with Gasteiger partial charge in [0.2, 0.25) is 15.9 Å². The van der Waals surface area contributed by atoms with E-state index >= 15 is 0 Å². The Bertz CT molecular complexity index is 868. The third-order valence-corrected chi connectivity index (χ3v) is 5.71. The third kappa shape index (κ3) is 5.26. The van der Waals surface area contributed by atoms with Gasteiger partial charge in [0.15, 0.2) is 0 Å². The summed E-state index contributed by atoms with van der Waals surface area (Å²) < 4.78 is 27.9. The van der Waals surface area contributed by atoms with E-state index in [4.69, 9.17) is 11.6 Å². The second-order valence-electron chi connectivity index (χ2n) is 6.29. The monoisotopic (exact) mass is 381 g/mol. The van der Waals surface area contributed by atoms with E-state index in [0.29, 0.717) is 16.4 Å². The zero-order valence-electron chi connectivity index (χ0n) is 14.2. The van der Waals surface area contributed by atoms with Gasteiger partial charge < -0.3 is 5.32 Å². The third-order valence-electron chi connectivity index (χ3n) is 3.45. The number of benzene rings is 1. The summed E-state index contributed by atoms with van der Waals surface area (Å²) in [5, 5.41) is 3.01. The summed E-state index contributed by atoms with van der Waals surface area (Å²) in [6.07, 6.45) is 1.51. The fourth-order valence-electron chi connectivity index (χ4n) is 2.36. The lowest BCUT2D eigenvalue weighted by Crippen LogP contribution is -2.45. The molecule has 2 aromatic rings. The first kappa shape index (κ1) is 19.4. The molecule has 0 spiro atoms. The van der Waals surface area contributed by atoms with Crippen LogP contribution in [0.2, 0.25) is 5.02 Å². The summed E-state index contributed by atoms with van der Waals surface area (Å²) in [6.45, 7) is 4.92. The predicted molar refractivity (Wildman–Crippen MR) is 98.1 cm³/mol. The molecule has 0 saturated heterocycles. The number of nitrogens with one attached hydrogen (secondary N) is 2. The van der Waals surface area contributed by atoms with Crippen LogP contribution < -0.4 is 10.0 Å². The lowest BCUT2D eigenvalue weighted by Gasteiger charge is -2.25. The summed E-state index contributed by atoms with van der Waals surface area (Å²) in [5.74, 6) is 0.0751. The number of rotatable bonds is 6. The maximum atomic E-state index is 12.6. The molecule has 0 radical (unpaired) electrons. The molecular weight excluding hydrogens is 362 g/mol. The predicted octanol–water partition coefficient (Wildman–Crippen LogP) is 3.13. The van der Waals surface area contributed by atoms with E-state index in [1.54, 1.807) is 57.3 Å². The summed E-state index contributed by atoms with van der Waals surface area (Å²) in [4.78, 5) is 16.3. The molecule has 2 rings (SSSR count). The van der Waals surface area contributed by atoms with Gasteiger partial charge in [0.05, 0.1) is 4.90 Å². The van der Waals surface area contributed by atoms with Gasteiger partial charge in [-0.1, -0.05) is 23.7 Å². The van der Waals surface area contributed by atoms with Crippen LogP contribution in [0.25, 0.3) is 0 Å². The maximum Gasteiger partial charge on any atom is 0.241 e. The Morgan fingerprint density at radius 3 is 2.56 bits per heavy atom. The Morgan fingerprint density at radius 2 is 1.92 bits per heavy atom. The van der Waals surface area contributed by atoms with Crippen LogP contribution in [-0.2, 0) is 14.8 Å². The smallest absolute Gasteiger partial charge is 0.241 e. The first-order valence-corrected chi connectivity index (χ1v) is 9.47. The molecule has 0 aliphatic rings. The molecular formula is C17H20ClN3O3S. The van der Waals surface area contributed by atoms with Crippen molar-refractivity contribution >= 4 is 33.3 Å². The molecule has 1 heterocycles. The minimum absolute atomic E-state index is 0.0532. The highest BCUT2D eigenvalue weighted by atomic mass is 35.5. The van der Waals surface area contributed by atoms with Crippen LogP contribution in [0, 0.1) is 6.92 Å². The second-order valence-corrected chi connectivity index (χ2v) is 8.35. The number of amides is 1. The van der Waals surface area contributed by atoms with Gasteiger partial charge in [0.1, 0.15) is 5.82 Å². The summed E-state index contributed by atoms with van der Waals surface area (Å²) in [7, 11) is -3.82. The van der Waals surface area contributed by atoms with Crippen molar-refractivity contribution in [2.45, 2.75) is 37.6 Å². The average molecular weight is 382 g/mol. The lowest BCUT2D eigenvalue weighted by molar-refractivity contribution is -0.117. The van der Waals surface area contributed by atoms with Crippen molar-refractivity contribution in [1.82, 2.24) is 9.71 Å². The second kappa shape index (κ2) is 7.51. The van der Waals surface area contributed by atoms with E-state index in [1.807, 2.05) is 0 Å². The van der Waals surface area contributed by atoms with Crippen molar-refractivity contribution in [3.63, 3.8) is 0 Å². The minimum Gasteiger partial charge on any atom is -0.311 e. The highest BCUT2D eigenvalue weighted by Gasteiger charge is 2.30. The molecule has 1 amide bonds. The molecule has 1 aromatic heterocycles. The molecule has 0 fully saturated rings. The van der Waals surface area contributed by atoms with Crippen molar-refractivity contribution in [1.29, 1.82) is 0 Å². The van der Waals surface area contributed by atoms with Crippen molar-refractivity contribution in [3.8, 4) is 0 Å². The molecule has 2 N–H and O–H groups in total. The van der Waals surface area contributed by atoms with Crippen LogP contribution in [0.3, 0.4) is 0 Å². The van der Waals surface area contributed by atoms with Gasteiger partial charge in [-0.2, -0.15) is 0 Å². The van der Waals surface area contributed by atoms with Crippen molar-refractivity contribution < 1.29 is 13.2 Å². The van der Waals surface area contributed by atoms with E-state index in [-0.39, 0.29) is 17.2 Å². The minimum atomic E-state index is -3.82. The first-order valence-electron chi connectivity index (χ1n) is 7.61. The highest BCUT2D eigenvalue weighted by Crippen LogP contribution is 2.24. The number of hydrogen-bond acceptors (Lipinski definition) is 4. The number of carbonyl (C=O) groups is 1. The quantitative estimate of drug-likeness (QED) is 0.804. The van der Waals surface area contributed by atoms with Crippen LogP contribution >= 0.6 is 11.6 Å². The van der Waals surface area contributed by atoms with Gasteiger partial charge in [-0.25, -0.2) is 18.1 Å². The number of carbonyl (C=O) groups excluding carboxylic acids is 1. The molecule has 1 aromatic carbocycles. The SMILES string of the molecule is Cc1c(Cl)cccc1S(=O)(=O)NC(C)(C)CC(=O)Nc1ccccn1. The van der Waals surface area contributed by atoms with Crippen LogP contribution in [0.5, 0.6) is 0 Å². The van der Waals surface area contributed by atoms with E-state index < -0.39 is 15.6 Å².